The molecule has 0 aliphatic carbocycles. The lowest BCUT2D eigenvalue weighted by atomic mass is 10.0. The molecule has 4 nitrogen and oxygen atoms in total. The third-order valence-corrected chi connectivity index (χ3v) is 3.89. The second-order valence-electron chi connectivity index (χ2n) is 5.29. The molecular formula is C18H17NO3. The molecule has 4 heteroatoms. The molecule has 1 aliphatic heterocycles. The summed E-state index contributed by atoms with van der Waals surface area (Å²) in [5.41, 5.74) is 3.05. The normalized spacial score (nSPS) is 16.2. The first-order valence-corrected chi connectivity index (χ1v) is 7.28. The summed E-state index contributed by atoms with van der Waals surface area (Å²) in [5.74, 6) is 0. The van der Waals surface area contributed by atoms with Crippen LogP contribution in [0.5, 0.6) is 0 Å². The van der Waals surface area contributed by atoms with Crippen molar-refractivity contribution >= 4 is 12.4 Å². The molecule has 112 valence electrons. The molecule has 1 heterocycles. The molecule has 3 rings (SSSR count). The van der Waals surface area contributed by atoms with Gasteiger partial charge in [0, 0.05) is 13.0 Å². The fraction of sp³-hybridized carbons (Fsp3) is 0.222. The summed E-state index contributed by atoms with van der Waals surface area (Å²) in [7, 11) is 0. The molecule has 22 heavy (non-hydrogen) atoms. The summed E-state index contributed by atoms with van der Waals surface area (Å²) in [5, 5.41) is 0. The Labute approximate surface area is 129 Å². The van der Waals surface area contributed by atoms with Crippen molar-refractivity contribution in [3.63, 3.8) is 0 Å². The van der Waals surface area contributed by atoms with Gasteiger partial charge in [-0.25, -0.2) is 4.79 Å². The van der Waals surface area contributed by atoms with Crippen LogP contribution in [0.3, 0.4) is 0 Å². The second kappa shape index (κ2) is 6.43. The van der Waals surface area contributed by atoms with Crippen molar-refractivity contribution in [2.75, 3.05) is 0 Å². The van der Waals surface area contributed by atoms with E-state index in [1.165, 1.54) is 0 Å². The molecule has 2 aromatic carbocycles. The first kappa shape index (κ1) is 14.3. The molecular weight excluding hydrogens is 278 g/mol. The first-order chi connectivity index (χ1) is 10.8. The molecule has 0 unspecified atom stereocenters. The summed E-state index contributed by atoms with van der Waals surface area (Å²) in [4.78, 5) is 24.9. The molecule has 1 aliphatic rings. The fourth-order valence-electron chi connectivity index (χ4n) is 2.80. The van der Waals surface area contributed by atoms with Gasteiger partial charge >= 0.3 is 6.09 Å². The van der Waals surface area contributed by atoms with Crippen molar-refractivity contribution in [2.45, 2.75) is 25.6 Å². The number of carbonyl (C=O) groups is 2. The van der Waals surface area contributed by atoms with E-state index in [9.17, 15) is 9.59 Å². The molecule has 0 spiro atoms. The smallest absolute Gasteiger partial charge is 0.410 e. The molecule has 0 saturated heterocycles. The van der Waals surface area contributed by atoms with Crippen LogP contribution < -0.4 is 0 Å². The van der Waals surface area contributed by atoms with E-state index in [0.717, 1.165) is 23.0 Å². The Balaban J connectivity index is 1.71. The van der Waals surface area contributed by atoms with Gasteiger partial charge < -0.3 is 9.53 Å². The molecule has 0 radical (unpaired) electrons. The number of nitrogens with zero attached hydrogens (tertiary/aromatic N) is 1. The zero-order valence-corrected chi connectivity index (χ0v) is 12.1. The predicted molar refractivity (Wildman–Crippen MR) is 82.0 cm³/mol. The number of aldehydes is 1. The number of rotatable bonds is 4. The Hall–Kier alpha value is -2.62. The monoisotopic (exact) mass is 295 g/mol. The molecule has 0 aromatic heterocycles. The van der Waals surface area contributed by atoms with Crippen LogP contribution >= 0.6 is 0 Å². The van der Waals surface area contributed by atoms with Crippen LogP contribution in [0, 0.1) is 0 Å². The van der Waals surface area contributed by atoms with Crippen LogP contribution in [0.1, 0.15) is 29.2 Å². The zero-order valence-electron chi connectivity index (χ0n) is 12.1. The predicted octanol–water partition coefficient (Wildman–Crippen LogP) is 3.47. The summed E-state index contributed by atoms with van der Waals surface area (Å²) in [6.45, 7) is 0.725. The zero-order chi connectivity index (χ0) is 15.4. The van der Waals surface area contributed by atoms with E-state index in [-0.39, 0.29) is 25.2 Å². The van der Waals surface area contributed by atoms with E-state index >= 15 is 0 Å². The topological polar surface area (TPSA) is 46.6 Å². The maximum absolute atomic E-state index is 12.4. The van der Waals surface area contributed by atoms with Crippen molar-refractivity contribution in [1.82, 2.24) is 4.90 Å². The highest BCUT2D eigenvalue weighted by molar-refractivity contribution is 5.71. The van der Waals surface area contributed by atoms with Gasteiger partial charge in [0.2, 0.25) is 0 Å². The van der Waals surface area contributed by atoms with Gasteiger partial charge in [-0.2, -0.15) is 0 Å². The lowest BCUT2D eigenvalue weighted by molar-refractivity contribution is -0.108. The maximum Gasteiger partial charge on any atom is 0.410 e. The Morgan fingerprint density at radius 2 is 1.86 bits per heavy atom. The lowest BCUT2D eigenvalue weighted by Crippen LogP contribution is -2.30. The standard InChI is InChI=1S/C18H17NO3/c20-11-10-17-16-9-5-4-8-15(16)12-19(17)18(21)22-13-14-6-2-1-3-7-14/h1-9,11,17H,10,12-13H2/t17-/m0/s1. The third kappa shape index (κ3) is 2.86. The van der Waals surface area contributed by atoms with Gasteiger partial charge in [0.05, 0.1) is 6.04 Å². The van der Waals surface area contributed by atoms with Crippen molar-refractivity contribution < 1.29 is 14.3 Å². The summed E-state index contributed by atoms with van der Waals surface area (Å²) in [6, 6.07) is 17.1. The van der Waals surface area contributed by atoms with Gasteiger partial charge in [-0.1, -0.05) is 54.6 Å². The van der Waals surface area contributed by atoms with Crippen molar-refractivity contribution in [1.29, 1.82) is 0 Å². The van der Waals surface area contributed by atoms with E-state index in [2.05, 4.69) is 0 Å². The highest BCUT2D eigenvalue weighted by atomic mass is 16.6. The molecule has 0 N–H and O–H groups in total. The summed E-state index contributed by atoms with van der Waals surface area (Å²) >= 11 is 0. The van der Waals surface area contributed by atoms with Crippen molar-refractivity contribution in [2.24, 2.45) is 0 Å². The lowest BCUT2D eigenvalue weighted by Gasteiger charge is -2.23. The number of hydrogen-bond acceptors (Lipinski definition) is 3. The Morgan fingerprint density at radius 3 is 2.64 bits per heavy atom. The Bertz CT molecular complexity index is 669. The summed E-state index contributed by atoms with van der Waals surface area (Å²) in [6.07, 6.45) is 0.758. The molecule has 1 atom stereocenters. The van der Waals surface area contributed by atoms with Gasteiger partial charge in [-0.15, -0.1) is 0 Å². The quantitative estimate of drug-likeness (QED) is 0.811. The van der Waals surface area contributed by atoms with Crippen LogP contribution in [0.2, 0.25) is 0 Å². The van der Waals surface area contributed by atoms with Gasteiger partial charge in [0.1, 0.15) is 12.9 Å². The molecule has 0 saturated carbocycles. The van der Waals surface area contributed by atoms with Crippen molar-refractivity contribution in [3.8, 4) is 0 Å². The molecule has 0 bridgehead atoms. The average Bonchev–Trinajstić information content (AvgIpc) is 2.93. The summed E-state index contributed by atoms with van der Waals surface area (Å²) < 4.78 is 5.39. The van der Waals surface area contributed by atoms with E-state index in [0.29, 0.717) is 6.54 Å². The van der Waals surface area contributed by atoms with E-state index in [4.69, 9.17) is 4.74 Å². The fourth-order valence-corrected chi connectivity index (χ4v) is 2.80. The minimum atomic E-state index is -0.382. The molecule has 0 fully saturated rings. The van der Waals surface area contributed by atoms with Crippen LogP contribution in [0.25, 0.3) is 0 Å². The van der Waals surface area contributed by atoms with E-state index in [1.54, 1.807) is 4.90 Å². The largest absolute Gasteiger partial charge is 0.445 e. The van der Waals surface area contributed by atoms with Gasteiger partial charge in [-0.3, -0.25) is 4.90 Å². The number of fused-ring (bicyclic) bond motifs is 1. The van der Waals surface area contributed by atoms with Crippen LogP contribution in [-0.4, -0.2) is 17.3 Å². The SMILES string of the molecule is O=CC[C@H]1c2ccccc2CN1C(=O)OCc1ccccc1. The first-order valence-electron chi connectivity index (χ1n) is 7.28. The molecule has 1 amide bonds. The third-order valence-electron chi connectivity index (χ3n) is 3.89. The van der Waals surface area contributed by atoms with Crippen LogP contribution in [0.15, 0.2) is 54.6 Å². The minimum Gasteiger partial charge on any atom is -0.445 e. The van der Waals surface area contributed by atoms with E-state index < -0.39 is 0 Å². The van der Waals surface area contributed by atoms with Crippen molar-refractivity contribution in [3.05, 3.63) is 71.3 Å². The second-order valence-corrected chi connectivity index (χ2v) is 5.29. The van der Waals surface area contributed by atoms with Crippen LogP contribution in [-0.2, 0) is 22.7 Å². The number of carbonyl (C=O) groups excluding carboxylic acids is 2. The Kier molecular flexibility index (Phi) is 4.19. The maximum atomic E-state index is 12.4. The average molecular weight is 295 g/mol. The number of hydrogen-bond donors (Lipinski definition) is 0. The number of ether oxygens (including phenoxy) is 1. The Morgan fingerprint density at radius 1 is 1.14 bits per heavy atom. The number of amides is 1. The minimum absolute atomic E-state index is 0.225. The van der Waals surface area contributed by atoms with Crippen LogP contribution in [0.4, 0.5) is 4.79 Å². The highest BCUT2D eigenvalue weighted by Crippen LogP contribution is 2.35. The molecule has 2 aromatic rings. The highest BCUT2D eigenvalue weighted by Gasteiger charge is 2.33. The van der Waals surface area contributed by atoms with E-state index in [1.807, 2.05) is 54.6 Å². The van der Waals surface area contributed by atoms with Gasteiger partial charge in [-0.05, 0) is 16.7 Å². The van der Waals surface area contributed by atoms with Gasteiger partial charge in [0.25, 0.3) is 0 Å². The van der Waals surface area contributed by atoms with Gasteiger partial charge in [0.15, 0.2) is 0 Å². The number of benzene rings is 2.